The van der Waals surface area contributed by atoms with E-state index >= 15 is 0 Å². The molecule has 0 fully saturated rings. The van der Waals surface area contributed by atoms with E-state index in [0.29, 0.717) is 84.7 Å². The van der Waals surface area contributed by atoms with Crippen LogP contribution in [-0.2, 0) is 12.8 Å². The molecule has 1 aromatic carbocycles. The van der Waals surface area contributed by atoms with Gasteiger partial charge in [-0.25, -0.2) is 0 Å². The molecule has 12 nitrogen and oxygen atoms in total. The first-order valence-corrected chi connectivity index (χ1v) is 13.8. The van der Waals surface area contributed by atoms with E-state index in [4.69, 9.17) is 20.8 Å². The summed E-state index contributed by atoms with van der Waals surface area (Å²) >= 11 is 0. The van der Waals surface area contributed by atoms with Crippen LogP contribution in [-0.4, -0.2) is 92.7 Å². The molecule has 0 atom stereocenters. The molecule has 42 heavy (non-hydrogen) atoms. The molecule has 0 saturated heterocycles. The Morgan fingerprint density at radius 3 is 0.976 bits per heavy atom. The van der Waals surface area contributed by atoms with Crippen LogP contribution in [0.3, 0.4) is 0 Å². The van der Waals surface area contributed by atoms with Gasteiger partial charge in [-0.2, -0.15) is 0 Å². The summed E-state index contributed by atoms with van der Waals surface area (Å²) in [6.45, 7) is 15.9. The fourth-order valence-electron chi connectivity index (χ4n) is 3.74. The Morgan fingerprint density at radius 1 is 0.476 bits per heavy atom. The number of hydrogen-bond donors (Lipinski definition) is 4. The zero-order valence-corrected chi connectivity index (χ0v) is 26.1. The summed E-state index contributed by atoms with van der Waals surface area (Å²) in [4.78, 5) is 18.5. The van der Waals surface area contributed by atoms with Crippen molar-refractivity contribution in [1.82, 2.24) is 0 Å². The second-order valence-electron chi connectivity index (χ2n) is 10.4. The first kappa shape index (κ1) is 35.8. The largest absolute Gasteiger partial charge is 0.411 e. The molecule has 1 rings (SSSR count). The van der Waals surface area contributed by atoms with Gasteiger partial charge >= 0.3 is 0 Å². The fraction of sp³-hybridized carbons (Fsp3) is 0.533. The lowest BCUT2D eigenvalue weighted by Crippen LogP contribution is -2.18. The molecule has 230 valence electrons. The van der Waals surface area contributed by atoms with Crippen LogP contribution in [0, 0.1) is 11.8 Å². The highest BCUT2D eigenvalue weighted by atomic mass is 16.4. The van der Waals surface area contributed by atoms with E-state index in [1.807, 2.05) is 6.07 Å². The minimum absolute atomic E-state index is 0.0555. The second-order valence-corrected chi connectivity index (χ2v) is 10.4. The quantitative estimate of drug-likeness (QED) is 0.118. The minimum atomic E-state index is 0.0555. The molecular weight excluding hydrogens is 536 g/mol. The van der Waals surface area contributed by atoms with Gasteiger partial charge in [0, 0.05) is 38.0 Å². The monoisotopic (exact) mass is 582 g/mol. The molecule has 0 spiro atoms. The van der Waals surface area contributed by atoms with Crippen molar-refractivity contribution in [2.45, 2.75) is 68.2 Å². The van der Waals surface area contributed by atoms with E-state index in [1.54, 1.807) is 55.4 Å². The number of aliphatic imine (C=N–C) groups is 4. The van der Waals surface area contributed by atoms with Crippen molar-refractivity contribution in [2.24, 2.45) is 52.4 Å². The third kappa shape index (κ3) is 13.0. The number of rotatable bonds is 16. The van der Waals surface area contributed by atoms with Gasteiger partial charge in [0.25, 0.3) is 0 Å². The molecule has 1 aromatic rings. The van der Waals surface area contributed by atoms with Gasteiger partial charge in [-0.3, -0.25) is 20.0 Å². The maximum absolute atomic E-state index is 9.09. The van der Waals surface area contributed by atoms with Crippen LogP contribution in [0.1, 0.15) is 66.5 Å². The van der Waals surface area contributed by atoms with E-state index in [1.165, 1.54) is 0 Å². The SMILES string of the molecule is CC(=NCC(CN=C(C)/C(C)=N/O)Cc1cccc(CC(CN=C(C)/C(C)=N/O)CN=C(C)/C(C)=N/O)c1)/C(C)=N/O. The molecule has 0 amide bonds. The normalized spacial score (nSPS) is 16.6. The molecule has 0 radical (unpaired) electrons. The molecule has 12 heteroatoms. The lowest BCUT2D eigenvalue weighted by molar-refractivity contribution is 0.319. The Bertz CT molecular complexity index is 1110. The Morgan fingerprint density at radius 2 is 0.738 bits per heavy atom. The van der Waals surface area contributed by atoms with Gasteiger partial charge in [0.2, 0.25) is 0 Å². The van der Waals surface area contributed by atoms with Crippen LogP contribution >= 0.6 is 0 Å². The van der Waals surface area contributed by atoms with Gasteiger partial charge in [0.1, 0.15) is 0 Å². The zero-order chi connectivity index (χ0) is 31.7. The highest BCUT2D eigenvalue weighted by Crippen LogP contribution is 2.17. The van der Waals surface area contributed by atoms with Crippen molar-refractivity contribution in [3.8, 4) is 0 Å². The molecule has 4 N–H and O–H groups in total. The number of oxime groups is 4. The van der Waals surface area contributed by atoms with Crippen molar-refractivity contribution in [1.29, 1.82) is 0 Å². The van der Waals surface area contributed by atoms with Crippen molar-refractivity contribution in [2.75, 3.05) is 26.2 Å². The third-order valence-electron chi connectivity index (χ3n) is 7.08. The van der Waals surface area contributed by atoms with Gasteiger partial charge < -0.3 is 20.8 Å². The highest BCUT2D eigenvalue weighted by molar-refractivity contribution is 6.41. The number of nitrogens with zero attached hydrogens (tertiary/aromatic N) is 8. The molecule has 0 heterocycles. The first-order chi connectivity index (χ1) is 19.9. The van der Waals surface area contributed by atoms with Crippen molar-refractivity contribution < 1.29 is 20.8 Å². The number of benzene rings is 1. The van der Waals surface area contributed by atoms with Gasteiger partial charge in [-0.15, -0.1) is 0 Å². The van der Waals surface area contributed by atoms with Gasteiger partial charge in [-0.1, -0.05) is 44.9 Å². The van der Waals surface area contributed by atoms with Crippen LogP contribution in [0.15, 0.2) is 64.9 Å². The van der Waals surface area contributed by atoms with Crippen molar-refractivity contribution in [3.05, 3.63) is 35.4 Å². The number of hydrogen-bond acceptors (Lipinski definition) is 12. The fourth-order valence-corrected chi connectivity index (χ4v) is 3.74. The summed E-state index contributed by atoms with van der Waals surface area (Å²) in [6, 6.07) is 8.35. The summed E-state index contributed by atoms with van der Waals surface area (Å²) in [6.07, 6.45) is 1.42. The predicted octanol–water partition coefficient (Wildman–Crippen LogP) is 5.25. The second kappa shape index (κ2) is 19.0. The molecule has 0 aromatic heterocycles. The summed E-state index contributed by atoms with van der Waals surface area (Å²) in [7, 11) is 0. The molecule has 0 bridgehead atoms. The average molecular weight is 583 g/mol. The molecular formula is C30H46N8O4. The Labute approximate surface area is 248 Å². The summed E-state index contributed by atoms with van der Waals surface area (Å²) in [5, 5.41) is 49.3. The van der Waals surface area contributed by atoms with Crippen LogP contribution < -0.4 is 0 Å². The van der Waals surface area contributed by atoms with E-state index < -0.39 is 0 Å². The minimum Gasteiger partial charge on any atom is -0.411 e. The van der Waals surface area contributed by atoms with Crippen LogP contribution in [0.4, 0.5) is 0 Å². The van der Waals surface area contributed by atoms with Gasteiger partial charge in [0.15, 0.2) is 0 Å². The first-order valence-electron chi connectivity index (χ1n) is 13.8. The molecule has 0 aliphatic carbocycles. The lowest BCUT2D eigenvalue weighted by Gasteiger charge is -2.17. The van der Waals surface area contributed by atoms with E-state index in [-0.39, 0.29) is 11.8 Å². The lowest BCUT2D eigenvalue weighted by atomic mass is 9.94. The molecule has 0 unspecified atom stereocenters. The Kier molecular flexibility index (Phi) is 16.2. The summed E-state index contributed by atoms with van der Waals surface area (Å²) in [5.74, 6) is 0.111. The molecule has 0 aliphatic heterocycles. The molecule has 0 aliphatic rings. The zero-order valence-electron chi connectivity index (χ0n) is 26.1. The van der Waals surface area contributed by atoms with E-state index in [2.05, 4.69) is 58.8 Å². The van der Waals surface area contributed by atoms with Crippen LogP contribution in [0.25, 0.3) is 0 Å². The topological polar surface area (TPSA) is 180 Å². The maximum atomic E-state index is 9.09. The van der Waals surface area contributed by atoms with E-state index in [0.717, 1.165) is 11.1 Å². The maximum Gasteiger partial charge on any atom is 0.0971 e. The summed E-state index contributed by atoms with van der Waals surface area (Å²) in [5.41, 5.74) is 6.71. The van der Waals surface area contributed by atoms with Crippen LogP contribution in [0.5, 0.6) is 0 Å². The smallest absolute Gasteiger partial charge is 0.0971 e. The average Bonchev–Trinajstić information content (AvgIpc) is 3.01. The third-order valence-corrected chi connectivity index (χ3v) is 7.08. The summed E-state index contributed by atoms with van der Waals surface area (Å²) < 4.78 is 0. The van der Waals surface area contributed by atoms with E-state index in [9.17, 15) is 0 Å². The van der Waals surface area contributed by atoms with Crippen molar-refractivity contribution in [3.63, 3.8) is 0 Å². The predicted molar refractivity (Wildman–Crippen MR) is 172 cm³/mol. The molecule has 0 saturated carbocycles. The van der Waals surface area contributed by atoms with Gasteiger partial charge in [0.05, 0.1) is 45.7 Å². The Hall–Kier alpha value is -4.22. The van der Waals surface area contributed by atoms with Crippen LogP contribution in [0.2, 0.25) is 0 Å². The Balaban J connectivity index is 3.26. The van der Waals surface area contributed by atoms with Gasteiger partial charge in [-0.05, 0) is 79.4 Å². The standard InChI is InChI=1S/C30H46N8O4/c1-19(23(5)35-39)31-15-29(16-32-20(2)24(6)36-40)13-27-10-9-11-28(12-27)14-30(17-33-21(3)25(7)37-41)18-34-22(4)26(8)38-42/h9-12,29-30,39-42H,13-18H2,1-8H3/b31-19?,32-20?,33-21?,34-22?,35-23+,36-24+,37-25+,38-26+. The van der Waals surface area contributed by atoms with Crippen molar-refractivity contribution >= 4 is 45.7 Å². The highest BCUT2D eigenvalue weighted by Gasteiger charge is 2.14.